The molecule has 158 valence electrons. The zero-order valence-corrected chi connectivity index (χ0v) is 17.6. The Labute approximate surface area is 176 Å². The molecule has 2 fully saturated rings. The summed E-state index contributed by atoms with van der Waals surface area (Å²) in [6, 6.07) is 12.4. The molecule has 2 N–H and O–H groups in total. The molecule has 3 aliphatic rings. The molecule has 2 bridgehead atoms. The van der Waals surface area contributed by atoms with Crippen LogP contribution in [0.5, 0.6) is 11.5 Å². The van der Waals surface area contributed by atoms with Crippen LogP contribution in [0.25, 0.3) is 0 Å². The van der Waals surface area contributed by atoms with Gasteiger partial charge >= 0.3 is 5.97 Å². The standard InChI is InChI=1S/C25H28O5/c1-23-11-10-16(13-23)25(3)24(23,2)18-12-15(8-9-21(18)30-25)19(26)14-29-20-7-5-4-6-17(20)22(27)28/h4-9,12,16,19,26H,10-11,13-14H2,1-3H3,(H,27,28). The number of carboxylic acid groups (broad SMARTS) is 1. The van der Waals surface area contributed by atoms with E-state index in [1.807, 2.05) is 12.1 Å². The molecular weight excluding hydrogens is 380 g/mol. The van der Waals surface area contributed by atoms with Crippen LogP contribution in [-0.2, 0) is 5.41 Å². The number of fused-ring (bicyclic) bond motifs is 7. The number of aliphatic hydroxyl groups is 1. The van der Waals surface area contributed by atoms with Gasteiger partial charge in [-0.1, -0.05) is 32.0 Å². The smallest absolute Gasteiger partial charge is 0.339 e. The number of aromatic carboxylic acids is 1. The zero-order valence-electron chi connectivity index (χ0n) is 17.6. The van der Waals surface area contributed by atoms with Crippen molar-refractivity contribution in [2.24, 2.45) is 11.3 Å². The fourth-order valence-electron chi connectivity index (χ4n) is 6.45. The molecule has 1 heterocycles. The SMILES string of the molecule is CC12CCC(C1)C1(C)Oc3ccc(C(O)COc4ccccc4C(=O)O)cc3C21C. The van der Waals surface area contributed by atoms with Crippen LogP contribution in [-0.4, -0.2) is 28.4 Å². The Morgan fingerprint density at radius 1 is 1.23 bits per heavy atom. The summed E-state index contributed by atoms with van der Waals surface area (Å²) < 4.78 is 12.2. The van der Waals surface area contributed by atoms with Gasteiger partial charge in [-0.05, 0) is 67.3 Å². The van der Waals surface area contributed by atoms with Crippen LogP contribution in [0, 0.1) is 11.3 Å². The van der Waals surface area contributed by atoms with E-state index >= 15 is 0 Å². The van der Waals surface area contributed by atoms with E-state index in [-0.39, 0.29) is 34.4 Å². The normalized spacial score (nSPS) is 34.2. The summed E-state index contributed by atoms with van der Waals surface area (Å²) in [6.07, 6.45) is 2.73. The second-order valence-electron chi connectivity index (χ2n) is 9.72. The van der Waals surface area contributed by atoms with Gasteiger partial charge in [-0.3, -0.25) is 0 Å². The minimum atomic E-state index is -1.05. The van der Waals surface area contributed by atoms with Crippen LogP contribution < -0.4 is 9.47 Å². The average molecular weight is 408 g/mol. The van der Waals surface area contributed by atoms with Crippen molar-refractivity contribution in [1.82, 2.24) is 0 Å². The van der Waals surface area contributed by atoms with Gasteiger partial charge in [0.25, 0.3) is 0 Å². The van der Waals surface area contributed by atoms with Gasteiger partial charge in [0.1, 0.15) is 35.4 Å². The summed E-state index contributed by atoms with van der Waals surface area (Å²) in [7, 11) is 0. The number of hydrogen-bond acceptors (Lipinski definition) is 4. The van der Waals surface area contributed by atoms with E-state index in [4.69, 9.17) is 9.47 Å². The first-order valence-corrected chi connectivity index (χ1v) is 10.7. The molecule has 2 aromatic rings. The summed E-state index contributed by atoms with van der Waals surface area (Å²) in [5.74, 6) is 0.690. The molecule has 0 saturated heterocycles. The second kappa shape index (κ2) is 6.24. The lowest BCUT2D eigenvalue weighted by molar-refractivity contribution is -0.0260. The van der Waals surface area contributed by atoms with Crippen molar-refractivity contribution in [3.8, 4) is 11.5 Å². The quantitative estimate of drug-likeness (QED) is 0.748. The largest absolute Gasteiger partial charge is 0.490 e. The van der Waals surface area contributed by atoms with Gasteiger partial charge in [0, 0.05) is 11.0 Å². The van der Waals surface area contributed by atoms with Crippen molar-refractivity contribution in [2.45, 2.75) is 57.2 Å². The number of rotatable bonds is 5. The molecule has 0 amide bonds. The lowest BCUT2D eigenvalue weighted by Crippen LogP contribution is -2.54. The number of carboxylic acids is 1. The van der Waals surface area contributed by atoms with E-state index in [2.05, 4.69) is 26.8 Å². The van der Waals surface area contributed by atoms with Gasteiger partial charge in [-0.2, -0.15) is 0 Å². The molecule has 0 aromatic heterocycles. The predicted octanol–water partition coefficient (Wildman–Crippen LogP) is 4.73. The lowest BCUT2D eigenvalue weighted by Gasteiger charge is -2.48. The molecule has 5 unspecified atom stereocenters. The van der Waals surface area contributed by atoms with Crippen LogP contribution in [0.1, 0.15) is 67.6 Å². The summed E-state index contributed by atoms with van der Waals surface area (Å²) in [5.41, 5.74) is 1.93. The predicted molar refractivity (Wildman–Crippen MR) is 112 cm³/mol. The number of hydrogen-bond donors (Lipinski definition) is 2. The Kier molecular flexibility index (Phi) is 4.04. The van der Waals surface area contributed by atoms with Crippen molar-refractivity contribution >= 4 is 5.97 Å². The van der Waals surface area contributed by atoms with E-state index < -0.39 is 12.1 Å². The van der Waals surface area contributed by atoms with E-state index in [9.17, 15) is 15.0 Å². The maximum absolute atomic E-state index is 11.4. The van der Waals surface area contributed by atoms with Gasteiger partial charge in [0.2, 0.25) is 0 Å². The molecule has 30 heavy (non-hydrogen) atoms. The highest BCUT2D eigenvalue weighted by Gasteiger charge is 2.73. The number of ether oxygens (including phenoxy) is 2. The van der Waals surface area contributed by atoms with Crippen LogP contribution in [0.2, 0.25) is 0 Å². The second-order valence-corrected chi connectivity index (χ2v) is 9.72. The fraction of sp³-hybridized carbons (Fsp3) is 0.480. The molecule has 5 nitrogen and oxygen atoms in total. The Morgan fingerprint density at radius 2 is 2.00 bits per heavy atom. The maximum atomic E-state index is 11.4. The summed E-state index contributed by atoms with van der Waals surface area (Å²) in [6.45, 7) is 6.95. The lowest BCUT2D eigenvalue weighted by atomic mass is 9.56. The van der Waals surface area contributed by atoms with Gasteiger partial charge in [-0.25, -0.2) is 4.79 Å². The van der Waals surface area contributed by atoms with Crippen molar-refractivity contribution < 1.29 is 24.5 Å². The topological polar surface area (TPSA) is 76.0 Å². The highest BCUT2D eigenvalue weighted by molar-refractivity contribution is 5.90. The van der Waals surface area contributed by atoms with Crippen LogP contribution in [0.4, 0.5) is 0 Å². The molecule has 0 radical (unpaired) electrons. The van der Waals surface area contributed by atoms with Gasteiger partial charge in [0.15, 0.2) is 0 Å². The van der Waals surface area contributed by atoms with Gasteiger partial charge < -0.3 is 19.7 Å². The minimum Gasteiger partial charge on any atom is -0.490 e. The van der Waals surface area contributed by atoms with Crippen molar-refractivity contribution in [1.29, 1.82) is 0 Å². The Morgan fingerprint density at radius 3 is 2.77 bits per heavy atom. The third-order valence-electron chi connectivity index (χ3n) is 8.48. The number of carbonyl (C=O) groups is 1. The summed E-state index contributed by atoms with van der Waals surface area (Å²) in [5, 5.41) is 20.1. The average Bonchev–Trinajstić information content (AvgIpc) is 3.29. The number of aliphatic hydroxyl groups excluding tert-OH is 1. The molecule has 5 heteroatoms. The van der Waals surface area contributed by atoms with Crippen LogP contribution in [0.3, 0.4) is 0 Å². The van der Waals surface area contributed by atoms with Crippen molar-refractivity contribution in [2.75, 3.05) is 6.61 Å². The fourth-order valence-corrected chi connectivity index (χ4v) is 6.45. The van der Waals surface area contributed by atoms with Crippen LogP contribution >= 0.6 is 0 Å². The Hall–Kier alpha value is -2.53. The molecule has 2 saturated carbocycles. The third kappa shape index (κ3) is 2.36. The van der Waals surface area contributed by atoms with E-state index in [1.165, 1.54) is 30.9 Å². The Balaban J connectivity index is 1.42. The summed E-state index contributed by atoms with van der Waals surface area (Å²) in [4.78, 5) is 11.4. The molecule has 2 aliphatic carbocycles. The van der Waals surface area contributed by atoms with E-state index in [1.54, 1.807) is 18.2 Å². The number of para-hydroxylation sites is 1. The molecule has 1 aliphatic heterocycles. The molecule has 5 atom stereocenters. The first-order chi connectivity index (χ1) is 14.2. The number of benzene rings is 2. The van der Waals surface area contributed by atoms with Crippen molar-refractivity contribution in [3.63, 3.8) is 0 Å². The monoisotopic (exact) mass is 408 g/mol. The van der Waals surface area contributed by atoms with Gasteiger partial charge in [0.05, 0.1) is 0 Å². The highest BCUT2D eigenvalue weighted by Crippen LogP contribution is 2.73. The minimum absolute atomic E-state index is 0.0161. The van der Waals surface area contributed by atoms with Crippen molar-refractivity contribution in [3.05, 3.63) is 59.2 Å². The molecule has 5 rings (SSSR count). The zero-order chi connectivity index (χ0) is 21.3. The first kappa shape index (κ1) is 19.4. The molecule has 0 spiro atoms. The first-order valence-electron chi connectivity index (χ1n) is 10.7. The summed E-state index contributed by atoms with van der Waals surface area (Å²) >= 11 is 0. The molecular formula is C25H28O5. The Bertz CT molecular complexity index is 1030. The maximum Gasteiger partial charge on any atom is 0.339 e. The van der Waals surface area contributed by atoms with Crippen LogP contribution in [0.15, 0.2) is 42.5 Å². The van der Waals surface area contributed by atoms with Gasteiger partial charge in [-0.15, -0.1) is 0 Å². The van der Waals surface area contributed by atoms with E-state index in [0.717, 1.165) is 11.3 Å². The van der Waals surface area contributed by atoms with E-state index in [0.29, 0.717) is 5.92 Å². The third-order valence-corrected chi connectivity index (χ3v) is 8.48. The molecule has 2 aromatic carbocycles. The highest BCUT2D eigenvalue weighted by atomic mass is 16.5.